The molecular weight excluding hydrogens is 266 g/mol. The van der Waals surface area contributed by atoms with Crippen molar-refractivity contribution in [2.45, 2.75) is 45.1 Å². The fourth-order valence-corrected chi connectivity index (χ4v) is 3.65. The molecule has 5 heteroatoms. The Morgan fingerprint density at radius 1 is 1.38 bits per heavy atom. The van der Waals surface area contributed by atoms with Gasteiger partial charge in [-0.3, -0.25) is 4.79 Å². The van der Waals surface area contributed by atoms with E-state index in [2.05, 4.69) is 17.1 Å². The summed E-state index contributed by atoms with van der Waals surface area (Å²) in [4.78, 5) is 17.2. The molecule has 116 valence electrons. The molecule has 0 unspecified atom stereocenters. The molecule has 2 aliphatic rings. The number of carbonyl (C=O) groups excluding carboxylic acids is 1. The fraction of sp³-hybridized carbons (Fsp3) is 0.750. The highest BCUT2D eigenvalue weighted by Gasteiger charge is 2.38. The summed E-state index contributed by atoms with van der Waals surface area (Å²) in [5.41, 5.74) is 0.471. The van der Waals surface area contributed by atoms with Gasteiger partial charge in [-0.1, -0.05) is 19.0 Å². The Kier molecular flexibility index (Phi) is 4.02. The molecule has 1 aromatic rings. The van der Waals surface area contributed by atoms with Crippen LogP contribution in [-0.4, -0.2) is 53.6 Å². The maximum atomic E-state index is 12.8. The molecule has 1 aromatic heterocycles. The van der Waals surface area contributed by atoms with Crippen LogP contribution in [-0.2, 0) is 0 Å². The summed E-state index contributed by atoms with van der Waals surface area (Å²) in [7, 11) is 2.17. The Morgan fingerprint density at radius 2 is 2.19 bits per heavy atom. The molecule has 2 atom stereocenters. The number of likely N-dealkylation sites (tertiary alicyclic amines) is 2. The van der Waals surface area contributed by atoms with Gasteiger partial charge < -0.3 is 14.3 Å². The summed E-state index contributed by atoms with van der Waals surface area (Å²) in [5.74, 6) is 1.70. The predicted molar refractivity (Wildman–Crippen MR) is 80.3 cm³/mol. The molecule has 2 saturated heterocycles. The van der Waals surface area contributed by atoms with Crippen molar-refractivity contribution >= 4 is 5.91 Å². The van der Waals surface area contributed by atoms with Crippen molar-refractivity contribution in [3.05, 3.63) is 17.5 Å². The van der Waals surface area contributed by atoms with E-state index < -0.39 is 0 Å². The molecule has 3 rings (SSSR count). The average molecular weight is 291 g/mol. The zero-order valence-electron chi connectivity index (χ0n) is 13.2. The van der Waals surface area contributed by atoms with Gasteiger partial charge in [-0.15, -0.1) is 0 Å². The average Bonchev–Trinajstić information content (AvgIpc) is 2.95. The predicted octanol–water partition coefficient (Wildman–Crippen LogP) is 2.35. The maximum Gasteiger partial charge on any atom is 0.276 e. The molecular formula is C16H25N3O2. The Labute approximate surface area is 126 Å². The molecule has 3 heterocycles. The van der Waals surface area contributed by atoms with Crippen LogP contribution >= 0.6 is 0 Å². The van der Waals surface area contributed by atoms with Crippen LogP contribution in [0.1, 0.15) is 55.3 Å². The monoisotopic (exact) mass is 291 g/mol. The lowest BCUT2D eigenvalue weighted by atomic mass is 9.84. The minimum Gasteiger partial charge on any atom is -0.360 e. The van der Waals surface area contributed by atoms with Gasteiger partial charge in [-0.25, -0.2) is 0 Å². The first-order chi connectivity index (χ1) is 10.1. The second kappa shape index (κ2) is 5.79. The van der Waals surface area contributed by atoms with Crippen molar-refractivity contribution in [2.75, 3.05) is 26.7 Å². The molecule has 2 fully saturated rings. The highest BCUT2D eigenvalue weighted by molar-refractivity contribution is 5.92. The third-order valence-electron chi connectivity index (χ3n) is 4.85. The molecule has 0 aromatic carbocycles. The van der Waals surface area contributed by atoms with Crippen molar-refractivity contribution in [1.29, 1.82) is 0 Å². The Bertz CT molecular complexity index is 511. The number of nitrogens with zero attached hydrogens (tertiary/aromatic N) is 3. The van der Waals surface area contributed by atoms with Crippen LogP contribution in [0.2, 0.25) is 0 Å². The number of hydrogen-bond acceptors (Lipinski definition) is 4. The van der Waals surface area contributed by atoms with Gasteiger partial charge in [0.25, 0.3) is 5.91 Å². The van der Waals surface area contributed by atoms with Crippen LogP contribution in [0.4, 0.5) is 0 Å². The van der Waals surface area contributed by atoms with E-state index in [4.69, 9.17) is 4.52 Å². The van der Waals surface area contributed by atoms with E-state index in [9.17, 15) is 4.79 Å². The smallest absolute Gasteiger partial charge is 0.276 e. The summed E-state index contributed by atoms with van der Waals surface area (Å²) in [6.07, 6.45) is 3.40. The van der Waals surface area contributed by atoms with Crippen molar-refractivity contribution in [2.24, 2.45) is 5.92 Å². The number of fused-ring (bicyclic) bond motifs is 1. The first kappa shape index (κ1) is 14.6. The van der Waals surface area contributed by atoms with Crippen molar-refractivity contribution in [1.82, 2.24) is 15.0 Å². The summed E-state index contributed by atoms with van der Waals surface area (Å²) < 4.78 is 5.29. The largest absolute Gasteiger partial charge is 0.360 e. The summed E-state index contributed by atoms with van der Waals surface area (Å²) in [6.45, 7) is 7.12. The van der Waals surface area contributed by atoms with Gasteiger partial charge in [0, 0.05) is 31.1 Å². The zero-order chi connectivity index (χ0) is 15.0. The van der Waals surface area contributed by atoms with E-state index >= 15 is 0 Å². The highest BCUT2D eigenvalue weighted by atomic mass is 16.5. The Balaban J connectivity index is 1.76. The Hall–Kier alpha value is -1.36. The number of hydrogen-bond donors (Lipinski definition) is 0. The quantitative estimate of drug-likeness (QED) is 0.839. The molecule has 0 radical (unpaired) electrons. The fourth-order valence-electron chi connectivity index (χ4n) is 3.65. The van der Waals surface area contributed by atoms with Crippen molar-refractivity contribution in [3.63, 3.8) is 0 Å². The lowest BCUT2D eigenvalue weighted by Gasteiger charge is -2.46. The van der Waals surface area contributed by atoms with Crippen molar-refractivity contribution in [3.8, 4) is 0 Å². The van der Waals surface area contributed by atoms with E-state index in [0.717, 1.165) is 38.2 Å². The molecule has 0 aliphatic carbocycles. The maximum absolute atomic E-state index is 12.8. The molecule has 0 N–H and O–H groups in total. The van der Waals surface area contributed by atoms with E-state index in [-0.39, 0.29) is 11.8 Å². The lowest BCUT2D eigenvalue weighted by molar-refractivity contribution is 0.0246. The van der Waals surface area contributed by atoms with Gasteiger partial charge in [0.15, 0.2) is 5.69 Å². The van der Waals surface area contributed by atoms with E-state index in [1.807, 2.05) is 24.8 Å². The van der Waals surface area contributed by atoms with Crippen molar-refractivity contribution < 1.29 is 9.32 Å². The second-order valence-corrected chi connectivity index (χ2v) is 6.79. The van der Waals surface area contributed by atoms with Crippen LogP contribution in [0.15, 0.2) is 10.6 Å². The van der Waals surface area contributed by atoms with Crippen LogP contribution in [0.25, 0.3) is 0 Å². The van der Waals surface area contributed by atoms with Gasteiger partial charge in [-0.05, 0) is 38.8 Å². The van der Waals surface area contributed by atoms with Gasteiger partial charge >= 0.3 is 0 Å². The van der Waals surface area contributed by atoms with E-state index in [0.29, 0.717) is 17.7 Å². The van der Waals surface area contributed by atoms with E-state index in [1.54, 1.807) is 0 Å². The second-order valence-electron chi connectivity index (χ2n) is 6.79. The number of aromatic nitrogens is 1. The minimum absolute atomic E-state index is 0.0462. The molecule has 2 aliphatic heterocycles. The molecule has 21 heavy (non-hydrogen) atoms. The number of amides is 1. The standard InChI is InChI=1S/C16H25N3O2/c1-11(2)15-9-13(17-21-15)16(20)19-7-4-5-12-10-18(3)8-6-14(12)19/h9,11-12,14H,4-8,10H2,1-3H3/t12-,14+/m1/s1. The molecule has 0 bridgehead atoms. The summed E-state index contributed by atoms with van der Waals surface area (Å²) >= 11 is 0. The number of piperidine rings is 2. The van der Waals surface area contributed by atoms with Crippen LogP contribution < -0.4 is 0 Å². The molecule has 5 nitrogen and oxygen atoms in total. The topological polar surface area (TPSA) is 49.6 Å². The van der Waals surface area contributed by atoms with Gasteiger partial charge in [-0.2, -0.15) is 0 Å². The zero-order valence-corrected chi connectivity index (χ0v) is 13.2. The molecule has 0 saturated carbocycles. The summed E-state index contributed by atoms with van der Waals surface area (Å²) in [6, 6.07) is 2.19. The third-order valence-corrected chi connectivity index (χ3v) is 4.85. The first-order valence-corrected chi connectivity index (χ1v) is 8.02. The normalized spacial score (nSPS) is 27.0. The summed E-state index contributed by atoms with van der Waals surface area (Å²) in [5, 5.41) is 3.99. The van der Waals surface area contributed by atoms with E-state index in [1.165, 1.54) is 6.42 Å². The van der Waals surface area contributed by atoms with Crippen LogP contribution in [0.3, 0.4) is 0 Å². The van der Waals surface area contributed by atoms with Gasteiger partial charge in [0.1, 0.15) is 5.76 Å². The third kappa shape index (κ3) is 2.84. The molecule has 0 spiro atoms. The number of rotatable bonds is 2. The minimum atomic E-state index is 0.0462. The van der Waals surface area contributed by atoms with Crippen LogP contribution in [0.5, 0.6) is 0 Å². The van der Waals surface area contributed by atoms with Gasteiger partial charge in [0.05, 0.1) is 0 Å². The van der Waals surface area contributed by atoms with Crippen LogP contribution in [0, 0.1) is 5.92 Å². The highest BCUT2D eigenvalue weighted by Crippen LogP contribution is 2.31. The SMILES string of the molecule is CC(C)c1cc(C(=O)N2CCC[C@@H]3CN(C)CC[C@@H]32)no1. The Morgan fingerprint density at radius 3 is 2.90 bits per heavy atom. The number of carbonyl (C=O) groups is 1. The molecule has 1 amide bonds. The van der Waals surface area contributed by atoms with Gasteiger partial charge in [0.2, 0.25) is 0 Å². The lowest BCUT2D eigenvalue weighted by Crippen LogP contribution is -2.55. The first-order valence-electron chi connectivity index (χ1n) is 8.02.